The normalized spacial score (nSPS) is 10.7. The lowest BCUT2D eigenvalue weighted by molar-refractivity contribution is 1.13. The second-order valence-corrected chi connectivity index (χ2v) is 5.12. The first-order chi connectivity index (χ1) is 9.74. The van der Waals surface area contributed by atoms with E-state index < -0.39 is 0 Å². The summed E-state index contributed by atoms with van der Waals surface area (Å²) < 4.78 is 0. The summed E-state index contributed by atoms with van der Waals surface area (Å²) in [6.07, 6.45) is 5.44. The SMILES string of the molecule is Cc1cncc(NCc2ccc(Cl)c3cccnc23)c1. The molecule has 0 bridgehead atoms. The first-order valence-electron chi connectivity index (χ1n) is 6.42. The Balaban J connectivity index is 1.90. The Bertz CT molecular complexity index is 756. The number of nitrogens with one attached hydrogen (secondary N) is 1. The van der Waals surface area contributed by atoms with Crippen molar-refractivity contribution in [3.8, 4) is 0 Å². The van der Waals surface area contributed by atoms with Crippen molar-refractivity contribution in [2.45, 2.75) is 13.5 Å². The molecule has 0 aliphatic heterocycles. The fourth-order valence-corrected chi connectivity index (χ4v) is 2.40. The van der Waals surface area contributed by atoms with E-state index in [4.69, 9.17) is 11.6 Å². The Kier molecular flexibility index (Phi) is 3.52. The first-order valence-corrected chi connectivity index (χ1v) is 6.79. The Hall–Kier alpha value is -2.13. The number of hydrogen-bond acceptors (Lipinski definition) is 3. The van der Waals surface area contributed by atoms with Crippen molar-refractivity contribution in [2.75, 3.05) is 5.32 Å². The molecule has 100 valence electrons. The van der Waals surface area contributed by atoms with Crippen LogP contribution in [0.4, 0.5) is 5.69 Å². The molecule has 1 aromatic carbocycles. The van der Waals surface area contributed by atoms with E-state index in [-0.39, 0.29) is 0 Å². The number of hydrogen-bond donors (Lipinski definition) is 1. The second-order valence-electron chi connectivity index (χ2n) is 4.71. The molecular formula is C16H14ClN3. The largest absolute Gasteiger partial charge is 0.380 e. The van der Waals surface area contributed by atoms with Crippen LogP contribution in [0.15, 0.2) is 48.9 Å². The maximum atomic E-state index is 6.20. The Morgan fingerprint density at radius 3 is 2.95 bits per heavy atom. The summed E-state index contributed by atoms with van der Waals surface area (Å²) >= 11 is 6.20. The molecule has 0 aliphatic rings. The quantitative estimate of drug-likeness (QED) is 0.783. The molecule has 3 aromatic rings. The lowest BCUT2D eigenvalue weighted by Gasteiger charge is -2.09. The summed E-state index contributed by atoms with van der Waals surface area (Å²) in [6, 6.07) is 9.88. The van der Waals surface area contributed by atoms with Crippen LogP contribution < -0.4 is 5.32 Å². The molecular weight excluding hydrogens is 270 g/mol. The van der Waals surface area contributed by atoms with E-state index >= 15 is 0 Å². The molecule has 2 aromatic heterocycles. The van der Waals surface area contributed by atoms with Crippen molar-refractivity contribution in [2.24, 2.45) is 0 Å². The number of aromatic nitrogens is 2. The highest BCUT2D eigenvalue weighted by Gasteiger charge is 2.05. The van der Waals surface area contributed by atoms with Gasteiger partial charge in [-0.1, -0.05) is 17.7 Å². The molecule has 0 saturated heterocycles. The van der Waals surface area contributed by atoms with Gasteiger partial charge in [-0.3, -0.25) is 9.97 Å². The molecule has 0 fully saturated rings. The fourth-order valence-electron chi connectivity index (χ4n) is 2.19. The fraction of sp³-hybridized carbons (Fsp3) is 0.125. The van der Waals surface area contributed by atoms with Gasteiger partial charge in [0.15, 0.2) is 0 Å². The van der Waals surface area contributed by atoms with Crippen LogP contribution in [0, 0.1) is 6.92 Å². The summed E-state index contributed by atoms with van der Waals surface area (Å²) in [4.78, 5) is 8.61. The van der Waals surface area contributed by atoms with Crippen LogP contribution in [0.25, 0.3) is 10.9 Å². The molecule has 1 N–H and O–H groups in total. The topological polar surface area (TPSA) is 37.8 Å². The van der Waals surface area contributed by atoms with Crippen molar-refractivity contribution in [3.05, 3.63) is 65.1 Å². The van der Waals surface area contributed by atoms with Gasteiger partial charge in [0.2, 0.25) is 0 Å². The third kappa shape index (κ3) is 2.58. The third-order valence-corrected chi connectivity index (χ3v) is 3.49. The monoisotopic (exact) mass is 283 g/mol. The van der Waals surface area contributed by atoms with Gasteiger partial charge in [-0.2, -0.15) is 0 Å². The van der Waals surface area contributed by atoms with E-state index in [1.807, 2.05) is 43.6 Å². The van der Waals surface area contributed by atoms with E-state index in [0.29, 0.717) is 6.54 Å². The van der Waals surface area contributed by atoms with E-state index in [1.165, 1.54) is 0 Å². The smallest absolute Gasteiger partial charge is 0.0766 e. The predicted octanol–water partition coefficient (Wildman–Crippen LogP) is 4.20. The van der Waals surface area contributed by atoms with Gasteiger partial charge in [-0.15, -0.1) is 0 Å². The summed E-state index contributed by atoms with van der Waals surface area (Å²) in [6.45, 7) is 2.72. The van der Waals surface area contributed by atoms with E-state index in [9.17, 15) is 0 Å². The van der Waals surface area contributed by atoms with Crippen molar-refractivity contribution >= 4 is 28.2 Å². The third-order valence-electron chi connectivity index (χ3n) is 3.16. The van der Waals surface area contributed by atoms with Crippen LogP contribution in [0.1, 0.15) is 11.1 Å². The highest BCUT2D eigenvalue weighted by molar-refractivity contribution is 6.35. The van der Waals surface area contributed by atoms with Crippen LogP contribution >= 0.6 is 11.6 Å². The molecule has 20 heavy (non-hydrogen) atoms. The maximum Gasteiger partial charge on any atom is 0.0766 e. The van der Waals surface area contributed by atoms with E-state index in [1.54, 1.807) is 6.20 Å². The summed E-state index contributed by atoms with van der Waals surface area (Å²) in [5, 5.41) is 5.08. The van der Waals surface area contributed by atoms with E-state index in [0.717, 1.165) is 32.7 Å². The molecule has 0 spiro atoms. The number of aryl methyl sites for hydroxylation is 1. The zero-order valence-corrected chi connectivity index (χ0v) is 11.9. The number of nitrogens with zero attached hydrogens (tertiary/aromatic N) is 2. The molecule has 3 rings (SSSR count). The first kappa shape index (κ1) is 12.9. The molecule has 0 unspecified atom stereocenters. The van der Waals surface area contributed by atoms with Crippen molar-refractivity contribution in [3.63, 3.8) is 0 Å². The van der Waals surface area contributed by atoms with Crippen LogP contribution in [0.5, 0.6) is 0 Å². The zero-order valence-electron chi connectivity index (χ0n) is 11.1. The zero-order chi connectivity index (χ0) is 13.9. The van der Waals surface area contributed by atoms with Crippen LogP contribution in [0.2, 0.25) is 5.02 Å². The predicted molar refractivity (Wildman–Crippen MR) is 83.1 cm³/mol. The number of halogens is 1. The molecule has 4 heteroatoms. The number of fused-ring (bicyclic) bond motifs is 1. The number of rotatable bonds is 3. The number of pyridine rings is 2. The average molecular weight is 284 g/mol. The average Bonchev–Trinajstić information content (AvgIpc) is 2.47. The standard InChI is InChI=1S/C16H14ClN3/c1-11-7-13(10-18-8-11)20-9-12-4-5-15(17)14-3-2-6-19-16(12)14/h2-8,10,20H,9H2,1H3. The minimum absolute atomic E-state index is 0.690. The van der Waals surface area contributed by atoms with Gasteiger partial charge >= 0.3 is 0 Å². The lowest BCUT2D eigenvalue weighted by atomic mass is 10.1. The van der Waals surface area contributed by atoms with Crippen LogP contribution in [-0.4, -0.2) is 9.97 Å². The summed E-state index contributed by atoms with van der Waals surface area (Å²) in [5.74, 6) is 0. The molecule has 0 radical (unpaired) electrons. The van der Waals surface area contributed by atoms with Crippen molar-refractivity contribution in [1.82, 2.24) is 9.97 Å². The molecule has 0 saturated carbocycles. The Labute approximate surface area is 122 Å². The summed E-state index contributed by atoms with van der Waals surface area (Å²) in [7, 11) is 0. The number of anilines is 1. The van der Waals surface area contributed by atoms with Crippen molar-refractivity contribution in [1.29, 1.82) is 0 Å². The molecule has 0 aliphatic carbocycles. The van der Waals surface area contributed by atoms with Gasteiger partial charge in [-0.05, 0) is 42.3 Å². The van der Waals surface area contributed by atoms with Gasteiger partial charge in [0.1, 0.15) is 0 Å². The molecule has 0 amide bonds. The lowest BCUT2D eigenvalue weighted by Crippen LogP contribution is -2.01. The number of benzene rings is 1. The van der Waals surface area contributed by atoms with Gasteiger partial charge in [0, 0.05) is 35.5 Å². The Morgan fingerprint density at radius 1 is 1.20 bits per heavy atom. The summed E-state index contributed by atoms with van der Waals surface area (Å²) in [5.41, 5.74) is 4.19. The molecule has 2 heterocycles. The minimum atomic E-state index is 0.690. The van der Waals surface area contributed by atoms with Crippen LogP contribution in [-0.2, 0) is 6.54 Å². The second kappa shape index (κ2) is 5.47. The molecule has 3 nitrogen and oxygen atoms in total. The van der Waals surface area contributed by atoms with Gasteiger partial charge in [0.25, 0.3) is 0 Å². The van der Waals surface area contributed by atoms with Gasteiger partial charge < -0.3 is 5.32 Å². The molecule has 0 atom stereocenters. The Morgan fingerprint density at radius 2 is 2.10 bits per heavy atom. The highest BCUT2D eigenvalue weighted by Crippen LogP contribution is 2.25. The minimum Gasteiger partial charge on any atom is -0.380 e. The maximum absolute atomic E-state index is 6.20. The van der Waals surface area contributed by atoms with E-state index in [2.05, 4.69) is 21.4 Å². The van der Waals surface area contributed by atoms with Crippen molar-refractivity contribution < 1.29 is 0 Å². The highest BCUT2D eigenvalue weighted by atomic mass is 35.5. The van der Waals surface area contributed by atoms with Gasteiger partial charge in [-0.25, -0.2) is 0 Å². The van der Waals surface area contributed by atoms with Crippen LogP contribution in [0.3, 0.4) is 0 Å². The van der Waals surface area contributed by atoms with Gasteiger partial charge in [0.05, 0.1) is 11.2 Å².